The molecule has 1 aromatic rings. The first-order valence-electron chi connectivity index (χ1n) is 6.19. The van der Waals surface area contributed by atoms with Crippen molar-refractivity contribution in [3.05, 3.63) is 29.0 Å². The van der Waals surface area contributed by atoms with Crippen LogP contribution in [0.15, 0.2) is 23.1 Å². The molecule has 0 atom stereocenters. The molecule has 0 amide bonds. The Labute approximate surface area is 129 Å². The molecule has 114 valence electrons. The summed E-state index contributed by atoms with van der Waals surface area (Å²) in [6, 6.07) is 3.26. The Bertz CT molecular complexity index is 561. The predicted octanol–water partition coefficient (Wildman–Crippen LogP) is 3.80. The Kier molecular flexibility index (Phi) is 6.25. The van der Waals surface area contributed by atoms with Gasteiger partial charge in [0, 0.05) is 12.4 Å². The molecule has 3 nitrogen and oxygen atoms in total. The summed E-state index contributed by atoms with van der Waals surface area (Å²) >= 11 is 11.4. The fraction of sp³-hybridized carbons (Fsp3) is 0.538. The summed E-state index contributed by atoms with van der Waals surface area (Å²) in [5.41, 5.74) is -0.234. The van der Waals surface area contributed by atoms with E-state index in [2.05, 4.69) is 4.72 Å². The van der Waals surface area contributed by atoms with Gasteiger partial charge in [-0.05, 0) is 36.5 Å². The highest BCUT2D eigenvalue weighted by Crippen LogP contribution is 2.25. The minimum absolute atomic E-state index is 0.00235. The van der Waals surface area contributed by atoms with Crippen LogP contribution >= 0.6 is 23.2 Å². The molecule has 0 aliphatic heterocycles. The van der Waals surface area contributed by atoms with Gasteiger partial charge in [0.25, 0.3) is 0 Å². The van der Waals surface area contributed by atoms with E-state index in [-0.39, 0.29) is 21.9 Å². The van der Waals surface area contributed by atoms with Gasteiger partial charge in [0.1, 0.15) is 10.7 Å². The molecular formula is C13H18Cl2FNO2S. The van der Waals surface area contributed by atoms with E-state index >= 15 is 0 Å². The van der Waals surface area contributed by atoms with Crippen molar-refractivity contribution in [2.75, 3.05) is 12.4 Å². The van der Waals surface area contributed by atoms with E-state index in [9.17, 15) is 12.8 Å². The van der Waals surface area contributed by atoms with Gasteiger partial charge in [0.15, 0.2) is 0 Å². The molecule has 1 N–H and O–H groups in total. The van der Waals surface area contributed by atoms with E-state index in [0.717, 1.165) is 25.0 Å². The molecule has 0 aliphatic carbocycles. The second kappa shape index (κ2) is 7.07. The summed E-state index contributed by atoms with van der Waals surface area (Å²) in [5.74, 6) is -0.109. The van der Waals surface area contributed by atoms with Crippen molar-refractivity contribution in [2.45, 2.75) is 31.6 Å². The summed E-state index contributed by atoms with van der Waals surface area (Å²) in [7, 11) is -3.83. The molecule has 0 aromatic heterocycles. The number of sulfonamides is 1. The lowest BCUT2D eigenvalue weighted by molar-refractivity contribution is 0.331. The van der Waals surface area contributed by atoms with Crippen molar-refractivity contribution in [3.8, 4) is 0 Å². The van der Waals surface area contributed by atoms with Crippen molar-refractivity contribution in [1.29, 1.82) is 0 Å². The standard InChI is InChI=1S/C13H18Cl2FNO2S/c1-13(2,6-3-7-14)9-17-20(18,19)12-8-10(16)4-5-11(12)15/h4-5,8,17H,3,6-7,9H2,1-2H3. The van der Waals surface area contributed by atoms with Crippen molar-refractivity contribution in [3.63, 3.8) is 0 Å². The van der Waals surface area contributed by atoms with E-state index in [4.69, 9.17) is 23.2 Å². The van der Waals surface area contributed by atoms with Gasteiger partial charge in [-0.3, -0.25) is 0 Å². The summed E-state index contributed by atoms with van der Waals surface area (Å²) < 4.78 is 39.9. The van der Waals surface area contributed by atoms with Gasteiger partial charge in [-0.2, -0.15) is 0 Å². The van der Waals surface area contributed by atoms with Crippen LogP contribution in [-0.4, -0.2) is 20.8 Å². The maximum Gasteiger partial charge on any atom is 0.242 e. The first-order chi connectivity index (χ1) is 9.18. The fourth-order valence-electron chi connectivity index (χ4n) is 1.69. The number of halogens is 3. The molecular weight excluding hydrogens is 324 g/mol. The molecule has 0 bridgehead atoms. The van der Waals surface area contributed by atoms with Gasteiger partial charge in [0.05, 0.1) is 5.02 Å². The lowest BCUT2D eigenvalue weighted by Gasteiger charge is -2.24. The maximum atomic E-state index is 13.2. The molecule has 0 aliphatic rings. The minimum Gasteiger partial charge on any atom is -0.211 e. The molecule has 0 saturated carbocycles. The van der Waals surface area contributed by atoms with Crippen LogP contribution in [0.3, 0.4) is 0 Å². The quantitative estimate of drug-likeness (QED) is 0.766. The minimum atomic E-state index is -3.83. The lowest BCUT2D eigenvalue weighted by atomic mass is 9.88. The second-order valence-corrected chi connectivity index (χ2v) is 7.88. The average Bonchev–Trinajstić information content (AvgIpc) is 2.37. The van der Waals surface area contributed by atoms with Crippen LogP contribution in [0.2, 0.25) is 5.02 Å². The predicted molar refractivity (Wildman–Crippen MR) is 80.3 cm³/mol. The number of benzene rings is 1. The highest BCUT2D eigenvalue weighted by molar-refractivity contribution is 7.89. The Balaban J connectivity index is 2.83. The van der Waals surface area contributed by atoms with E-state index in [0.29, 0.717) is 5.88 Å². The second-order valence-electron chi connectivity index (χ2n) is 5.36. The molecule has 1 rings (SSSR count). The number of alkyl halides is 1. The zero-order valence-corrected chi connectivity index (χ0v) is 13.7. The van der Waals surface area contributed by atoms with Crippen molar-refractivity contribution in [2.24, 2.45) is 5.41 Å². The van der Waals surface area contributed by atoms with Gasteiger partial charge in [0.2, 0.25) is 10.0 Å². The van der Waals surface area contributed by atoms with Gasteiger partial charge in [-0.15, -0.1) is 11.6 Å². The number of hydrogen-bond donors (Lipinski definition) is 1. The zero-order valence-electron chi connectivity index (χ0n) is 11.4. The van der Waals surface area contributed by atoms with Crippen LogP contribution in [0, 0.1) is 11.2 Å². The molecule has 0 spiro atoms. The number of rotatable bonds is 7. The SMILES string of the molecule is CC(C)(CCCCl)CNS(=O)(=O)c1cc(F)ccc1Cl. The van der Waals surface area contributed by atoms with Crippen molar-refractivity contribution < 1.29 is 12.8 Å². The van der Waals surface area contributed by atoms with E-state index in [1.54, 1.807) is 0 Å². The summed E-state index contributed by atoms with van der Waals surface area (Å²) in [6.45, 7) is 4.11. The molecule has 0 unspecified atom stereocenters. The van der Waals surface area contributed by atoms with Crippen LogP contribution in [0.4, 0.5) is 4.39 Å². The highest BCUT2D eigenvalue weighted by atomic mass is 35.5. The van der Waals surface area contributed by atoms with Gasteiger partial charge in [-0.25, -0.2) is 17.5 Å². The molecule has 20 heavy (non-hydrogen) atoms. The zero-order chi connectivity index (χ0) is 15.4. The van der Waals surface area contributed by atoms with E-state index in [1.165, 1.54) is 6.07 Å². The summed E-state index contributed by atoms with van der Waals surface area (Å²) in [5, 5.41) is -0.00235. The number of hydrogen-bond acceptors (Lipinski definition) is 2. The first-order valence-corrected chi connectivity index (χ1v) is 8.58. The molecule has 0 saturated heterocycles. The Morgan fingerprint density at radius 2 is 2.00 bits per heavy atom. The Hall–Kier alpha value is -0.360. The molecule has 7 heteroatoms. The van der Waals surface area contributed by atoms with Gasteiger partial charge in [-0.1, -0.05) is 25.4 Å². The van der Waals surface area contributed by atoms with Crippen molar-refractivity contribution >= 4 is 33.2 Å². The topological polar surface area (TPSA) is 46.2 Å². The molecule has 0 heterocycles. The van der Waals surface area contributed by atoms with E-state index in [1.807, 2.05) is 13.8 Å². The summed E-state index contributed by atoms with van der Waals surface area (Å²) in [6.07, 6.45) is 1.59. The molecule has 0 radical (unpaired) electrons. The maximum absolute atomic E-state index is 13.2. The average molecular weight is 342 g/mol. The van der Waals surface area contributed by atoms with Crippen LogP contribution in [0.1, 0.15) is 26.7 Å². The Morgan fingerprint density at radius 1 is 1.35 bits per heavy atom. The smallest absolute Gasteiger partial charge is 0.211 e. The van der Waals surface area contributed by atoms with Crippen LogP contribution in [0.25, 0.3) is 0 Å². The fourth-order valence-corrected chi connectivity index (χ4v) is 3.57. The third-order valence-corrected chi connectivity index (χ3v) is 5.06. The lowest BCUT2D eigenvalue weighted by Crippen LogP contribution is -2.34. The van der Waals surface area contributed by atoms with Crippen molar-refractivity contribution in [1.82, 2.24) is 4.72 Å². The molecule has 0 fully saturated rings. The van der Waals surface area contributed by atoms with E-state index < -0.39 is 15.8 Å². The van der Waals surface area contributed by atoms with Gasteiger partial charge >= 0.3 is 0 Å². The molecule has 1 aromatic carbocycles. The number of nitrogens with one attached hydrogen (secondary N) is 1. The van der Waals surface area contributed by atoms with Gasteiger partial charge < -0.3 is 0 Å². The van der Waals surface area contributed by atoms with Crippen LogP contribution in [-0.2, 0) is 10.0 Å². The first kappa shape index (κ1) is 17.7. The Morgan fingerprint density at radius 3 is 2.60 bits per heavy atom. The highest BCUT2D eigenvalue weighted by Gasteiger charge is 2.24. The van der Waals surface area contributed by atoms with Crippen LogP contribution in [0.5, 0.6) is 0 Å². The third-order valence-electron chi connectivity index (χ3n) is 2.91. The third kappa shape index (κ3) is 5.20. The summed E-state index contributed by atoms with van der Waals surface area (Å²) in [4.78, 5) is -0.243. The largest absolute Gasteiger partial charge is 0.242 e. The monoisotopic (exact) mass is 341 g/mol. The normalized spacial score (nSPS) is 12.7. The van der Waals surface area contributed by atoms with Crippen LogP contribution < -0.4 is 4.72 Å².